The van der Waals surface area contributed by atoms with Gasteiger partial charge >= 0.3 is 0 Å². The predicted octanol–water partition coefficient (Wildman–Crippen LogP) is 4.37. The van der Waals surface area contributed by atoms with Crippen LogP contribution in [-0.4, -0.2) is 0 Å². The van der Waals surface area contributed by atoms with Crippen molar-refractivity contribution in [2.45, 2.75) is 5.33 Å². The van der Waals surface area contributed by atoms with Gasteiger partial charge in [-0.2, -0.15) is 0 Å². The quantitative estimate of drug-likeness (QED) is 0.708. The van der Waals surface area contributed by atoms with Crippen molar-refractivity contribution in [3.63, 3.8) is 0 Å². The topological polar surface area (TPSA) is 0 Å². The number of halogens is 5. The zero-order valence-corrected chi connectivity index (χ0v) is 9.17. The summed E-state index contributed by atoms with van der Waals surface area (Å²) in [5.41, 5.74) is 0.158. The van der Waals surface area contributed by atoms with Crippen molar-refractivity contribution in [1.82, 2.24) is 0 Å². The molecule has 0 saturated carbocycles. The summed E-state index contributed by atoms with van der Waals surface area (Å²) in [6.07, 6.45) is 0. The van der Waals surface area contributed by atoms with E-state index in [1.165, 1.54) is 0 Å². The van der Waals surface area contributed by atoms with Crippen LogP contribution < -0.4 is 0 Å². The Labute approximate surface area is 92.5 Å². The molecule has 0 nitrogen and oxygen atoms in total. The van der Waals surface area contributed by atoms with E-state index in [0.29, 0.717) is 16.4 Å². The highest BCUT2D eigenvalue weighted by Gasteiger charge is 2.14. The molecule has 0 aromatic heterocycles. The highest BCUT2D eigenvalue weighted by atomic mass is 79.9. The van der Waals surface area contributed by atoms with Crippen molar-refractivity contribution < 1.29 is 13.2 Å². The summed E-state index contributed by atoms with van der Waals surface area (Å²) in [5, 5.41) is 0.299. The van der Waals surface area contributed by atoms with E-state index in [1.807, 2.05) is 0 Å². The molecule has 76 valence electrons. The lowest BCUT2D eigenvalue weighted by Gasteiger charge is -2.03. The minimum Gasteiger partial charge on any atom is -0.206 e. The predicted molar refractivity (Wildman–Crippen MR) is 53.9 cm³/mol. The van der Waals surface area contributed by atoms with Gasteiger partial charge in [0.1, 0.15) is 17.5 Å². The lowest BCUT2D eigenvalue weighted by Crippen LogP contribution is -1.94. The summed E-state index contributed by atoms with van der Waals surface area (Å²) in [5.74, 6) is -3.05. The summed E-state index contributed by atoms with van der Waals surface area (Å²) in [6, 6.07) is 2.10. The van der Waals surface area contributed by atoms with Crippen molar-refractivity contribution in [1.29, 1.82) is 0 Å². The Hall–Kier alpha value is -0.480. The Balaban J connectivity index is 3.32. The van der Waals surface area contributed by atoms with Gasteiger partial charge in [0.2, 0.25) is 0 Å². The van der Waals surface area contributed by atoms with Crippen molar-refractivity contribution in [2.75, 3.05) is 0 Å². The van der Waals surface area contributed by atoms with Gasteiger partial charge in [-0.25, -0.2) is 13.2 Å². The molecule has 0 fully saturated rings. The molecule has 1 aromatic rings. The minimum absolute atomic E-state index is 0.299. The van der Waals surface area contributed by atoms with Crippen LogP contribution in [0.5, 0.6) is 0 Å². The number of rotatable bonds is 2. The van der Waals surface area contributed by atoms with Gasteiger partial charge in [-0.3, -0.25) is 0 Å². The lowest BCUT2D eigenvalue weighted by atomic mass is 10.1. The number of hydrogen-bond donors (Lipinski definition) is 0. The molecular formula is C9H5BrClF3. The third-order valence-electron chi connectivity index (χ3n) is 1.59. The SMILES string of the molecule is F/C(=C\Cl)c1c(F)cc(CBr)cc1F. The maximum Gasteiger partial charge on any atom is 0.147 e. The normalized spacial score (nSPS) is 11.9. The average Bonchev–Trinajstić information content (AvgIpc) is 2.16. The molecule has 5 heteroatoms. The van der Waals surface area contributed by atoms with Gasteiger partial charge in [-0.15, -0.1) is 0 Å². The minimum atomic E-state index is -1.12. The van der Waals surface area contributed by atoms with Crippen LogP contribution in [0.1, 0.15) is 11.1 Å². The van der Waals surface area contributed by atoms with E-state index in [9.17, 15) is 13.2 Å². The van der Waals surface area contributed by atoms with Crippen LogP contribution in [-0.2, 0) is 5.33 Å². The molecule has 0 aliphatic heterocycles. The maximum absolute atomic E-state index is 13.1. The molecule has 0 radical (unpaired) electrons. The first kappa shape index (κ1) is 11.6. The standard InChI is InChI=1S/C9H5BrClF3/c10-3-5-1-6(12)9(7(13)2-5)8(14)4-11/h1-2,4H,3H2/b8-4-. The molecule has 0 atom stereocenters. The van der Waals surface area contributed by atoms with Crippen molar-refractivity contribution >= 4 is 33.4 Å². The molecule has 0 aliphatic carbocycles. The van der Waals surface area contributed by atoms with E-state index in [2.05, 4.69) is 15.9 Å². The van der Waals surface area contributed by atoms with Gasteiger partial charge in [-0.1, -0.05) is 27.5 Å². The summed E-state index contributed by atoms with van der Waals surface area (Å²) >= 11 is 8.06. The number of benzene rings is 1. The van der Waals surface area contributed by atoms with E-state index in [1.54, 1.807) is 0 Å². The molecule has 0 aliphatic rings. The average molecular weight is 285 g/mol. The van der Waals surface area contributed by atoms with Crippen molar-refractivity contribution in [2.24, 2.45) is 0 Å². The van der Waals surface area contributed by atoms with Gasteiger partial charge in [-0.05, 0) is 17.7 Å². The third kappa shape index (κ3) is 2.30. The Morgan fingerprint density at radius 3 is 2.21 bits per heavy atom. The van der Waals surface area contributed by atoms with Gasteiger partial charge in [0.15, 0.2) is 0 Å². The fourth-order valence-corrected chi connectivity index (χ4v) is 1.42. The fourth-order valence-electron chi connectivity index (χ4n) is 0.985. The van der Waals surface area contributed by atoms with Gasteiger partial charge in [0, 0.05) is 10.9 Å². The van der Waals surface area contributed by atoms with Crippen LogP contribution in [0.25, 0.3) is 5.83 Å². The Kier molecular flexibility index (Phi) is 4.01. The Morgan fingerprint density at radius 2 is 1.86 bits per heavy atom. The summed E-state index contributed by atoms with van der Waals surface area (Å²) in [7, 11) is 0. The van der Waals surface area contributed by atoms with Gasteiger partial charge in [0.05, 0.1) is 5.56 Å². The second-order valence-corrected chi connectivity index (χ2v) is 3.30. The highest BCUT2D eigenvalue weighted by Crippen LogP contribution is 2.25. The molecular weight excluding hydrogens is 280 g/mol. The molecule has 0 amide bonds. The second-order valence-electron chi connectivity index (χ2n) is 2.53. The van der Waals surface area contributed by atoms with Crippen LogP contribution in [0.2, 0.25) is 0 Å². The molecule has 1 aromatic carbocycles. The van der Waals surface area contributed by atoms with E-state index >= 15 is 0 Å². The number of hydrogen-bond acceptors (Lipinski definition) is 0. The molecule has 0 N–H and O–H groups in total. The highest BCUT2D eigenvalue weighted by molar-refractivity contribution is 9.08. The summed E-state index contributed by atoms with van der Waals surface area (Å²) in [4.78, 5) is 0. The van der Waals surface area contributed by atoms with Crippen LogP contribution in [0.3, 0.4) is 0 Å². The molecule has 0 bridgehead atoms. The van der Waals surface area contributed by atoms with Crippen LogP contribution >= 0.6 is 27.5 Å². The molecule has 0 heterocycles. The largest absolute Gasteiger partial charge is 0.206 e. The smallest absolute Gasteiger partial charge is 0.147 e. The molecule has 1 rings (SSSR count). The maximum atomic E-state index is 13.1. The third-order valence-corrected chi connectivity index (χ3v) is 2.43. The zero-order valence-electron chi connectivity index (χ0n) is 6.83. The number of alkyl halides is 1. The molecule has 0 unspecified atom stereocenters. The Bertz CT molecular complexity index is 353. The van der Waals surface area contributed by atoms with Crippen molar-refractivity contribution in [3.8, 4) is 0 Å². The summed E-state index contributed by atoms with van der Waals surface area (Å²) < 4.78 is 39.1. The van der Waals surface area contributed by atoms with E-state index in [0.717, 1.165) is 12.1 Å². The van der Waals surface area contributed by atoms with E-state index in [4.69, 9.17) is 11.6 Å². The molecule has 0 spiro atoms. The van der Waals surface area contributed by atoms with Crippen LogP contribution in [0.4, 0.5) is 13.2 Å². The first-order valence-electron chi connectivity index (χ1n) is 3.60. The summed E-state index contributed by atoms with van der Waals surface area (Å²) in [6.45, 7) is 0. The zero-order chi connectivity index (χ0) is 10.7. The fraction of sp³-hybridized carbons (Fsp3) is 0.111. The van der Waals surface area contributed by atoms with Gasteiger partial charge < -0.3 is 0 Å². The molecule has 0 saturated heterocycles. The monoisotopic (exact) mass is 284 g/mol. The second kappa shape index (κ2) is 4.84. The van der Waals surface area contributed by atoms with Crippen LogP contribution in [0, 0.1) is 11.6 Å². The van der Waals surface area contributed by atoms with Crippen LogP contribution in [0.15, 0.2) is 17.7 Å². The first-order chi connectivity index (χ1) is 6.60. The molecule has 14 heavy (non-hydrogen) atoms. The van der Waals surface area contributed by atoms with E-state index < -0.39 is 23.0 Å². The van der Waals surface area contributed by atoms with Crippen molar-refractivity contribution in [3.05, 3.63) is 40.4 Å². The van der Waals surface area contributed by atoms with Gasteiger partial charge in [0.25, 0.3) is 0 Å². The lowest BCUT2D eigenvalue weighted by molar-refractivity contribution is 0.564. The first-order valence-corrected chi connectivity index (χ1v) is 5.16. The Morgan fingerprint density at radius 1 is 1.36 bits per heavy atom. The van der Waals surface area contributed by atoms with E-state index in [-0.39, 0.29) is 0 Å².